The van der Waals surface area contributed by atoms with Gasteiger partial charge in [-0.25, -0.2) is 57.5 Å². The Morgan fingerprint density at radius 3 is 0.973 bits per heavy atom. The summed E-state index contributed by atoms with van der Waals surface area (Å²) in [5, 5.41) is 0. The number of carbonyl (C=O) groups is 12. The standard InChI is InChI=1S/C9H12O2.2C7H8O2.C6H3F3O3.C6H6O3.2C5H4O3.C5H4O2/c1-4-7-6(3)11-9(10)8(7)5-2;1-4-5(2)7(8)9-6(4)3;1-3-6-4-5(2)9-7(6)8;1-2-3(6(7,8)9)5(11)12-4(2)10;1-3-4(2)6(8)9-5(3)7;2*1-3-2-4(6)8-5(3)7;1-4-2-3-5(6)7-4/h3-5H2,1-2H3;3H2,1-2H3;4H,2-3H2,1H3;1H3;1-2H3;2*2H,1H3;2-3H,1H2. The van der Waals surface area contributed by atoms with Crippen LogP contribution in [0.2, 0.25) is 0 Å². The van der Waals surface area contributed by atoms with Crippen LogP contribution in [0.1, 0.15) is 88.5 Å². The van der Waals surface area contributed by atoms with E-state index in [1.165, 1.54) is 38.2 Å². The minimum absolute atomic E-state index is 0.214. The van der Waals surface area contributed by atoms with Crippen molar-refractivity contribution in [3.8, 4) is 0 Å². The number of cyclic esters (lactones) is 12. The lowest BCUT2D eigenvalue weighted by Gasteiger charge is -2.03. The Bertz CT molecular complexity index is 2580. The number of alkyl halides is 3. The molecule has 0 aliphatic carbocycles. The molecule has 8 aliphatic heterocycles. The third-order valence-corrected chi connectivity index (χ3v) is 9.63. The summed E-state index contributed by atoms with van der Waals surface area (Å²) >= 11 is 0. The van der Waals surface area contributed by atoms with Crippen LogP contribution in [0.15, 0.2) is 141 Å². The van der Waals surface area contributed by atoms with Crippen LogP contribution in [0.25, 0.3) is 0 Å². The molecule has 8 heterocycles. The first-order chi connectivity index (χ1) is 33.7. The molecule has 0 radical (unpaired) electrons. The zero-order valence-electron chi connectivity index (χ0n) is 41.1. The van der Waals surface area contributed by atoms with Crippen LogP contribution >= 0.6 is 0 Å². The number of allylic oxidation sites excluding steroid dienone is 4. The van der Waals surface area contributed by atoms with E-state index in [1.54, 1.807) is 26.8 Å². The molecule has 0 amide bonds. The molecule has 0 unspecified atom stereocenters. The van der Waals surface area contributed by atoms with Crippen molar-refractivity contribution in [2.75, 3.05) is 0 Å². The van der Waals surface area contributed by atoms with Gasteiger partial charge in [0.25, 0.3) is 0 Å². The fraction of sp³-hybridized carbons (Fsp3) is 0.280. The van der Waals surface area contributed by atoms with Gasteiger partial charge in [-0.15, -0.1) is 0 Å². The van der Waals surface area contributed by atoms with Gasteiger partial charge in [-0.05, 0) is 79.9 Å². The summed E-state index contributed by atoms with van der Waals surface area (Å²) in [5.74, 6) is -5.23. The van der Waals surface area contributed by atoms with Crippen molar-refractivity contribution in [2.45, 2.75) is 94.7 Å². The summed E-state index contributed by atoms with van der Waals surface area (Å²) in [7, 11) is 0. The molecule has 73 heavy (non-hydrogen) atoms. The molecule has 0 saturated carbocycles. The summed E-state index contributed by atoms with van der Waals surface area (Å²) in [6, 6.07) is 0. The number of ether oxygens (including phenoxy) is 8. The largest absolute Gasteiger partial charge is 0.424 e. The van der Waals surface area contributed by atoms with Crippen molar-refractivity contribution in [3.63, 3.8) is 0 Å². The molecule has 0 fully saturated rings. The maximum Gasteiger partial charge on any atom is 0.423 e. The molecule has 0 aromatic carbocycles. The number of hydrogen-bond donors (Lipinski definition) is 0. The highest BCUT2D eigenvalue weighted by Gasteiger charge is 2.47. The minimum atomic E-state index is -4.81. The lowest BCUT2D eigenvalue weighted by Crippen LogP contribution is -2.18. The van der Waals surface area contributed by atoms with E-state index < -0.39 is 65.1 Å². The first-order valence-corrected chi connectivity index (χ1v) is 21.0. The Labute approximate surface area is 415 Å². The average molecular weight is 1030 g/mol. The van der Waals surface area contributed by atoms with Crippen LogP contribution in [0, 0.1) is 0 Å². The zero-order chi connectivity index (χ0) is 56.4. The molecule has 23 heteroatoms. The summed E-state index contributed by atoms with van der Waals surface area (Å²) in [6.07, 6.45) is 4.34. The van der Waals surface area contributed by atoms with Crippen molar-refractivity contribution in [1.29, 1.82) is 0 Å². The molecule has 8 aliphatic rings. The van der Waals surface area contributed by atoms with Crippen molar-refractivity contribution < 1.29 is 109 Å². The molecule has 8 rings (SSSR count). The van der Waals surface area contributed by atoms with Crippen LogP contribution in [0.5, 0.6) is 0 Å². The van der Waals surface area contributed by atoms with E-state index in [-0.39, 0.29) is 23.9 Å². The van der Waals surface area contributed by atoms with Gasteiger partial charge in [0, 0.05) is 68.4 Å². The van der Waals surface area contributed by atoms with E-state index in [9.17, 15) is 70.7 Å². The van der Waals surface area contributed by atoms with Crippen LogP contribution in [-0.2, 0) is 95.4 Å². The Kier molecular flexibility index (Phi) is 23.4. The van der Waals surface area contributed by atoms with E-state index in [0.29, 0.717) is 56.5 Å². The van der Waals surface area contributed by atoms with Gasteiger partial charge in [0.2, 0.25) is 0 Å². The van der Waals surface area contributed by atoms with E-state index in [4.69, 9.17) is 4.74 Å². The second kappa shape index (κ2) is 27.5. The molecule has 20 nitrogen and oxygen atoms in total. The fourth-order valence-electron chi connectivity index (χ4n) is 5.21. The predicted octanol–water partition coefficient (Wildman–Crippen LogP) is 6.96. The van der Waals surface area contributed by atoms with Crippen molar-refractivity contribution >= 4 is 71.6 Å². The van der Waals surface area contributed by atoms with Gasteiger partial charge in [-0.1, -0.05) is 47.1 Å². The Balaban J connectivity index is 0.000000419. The van der Waals surface area contributed by atoms with Crippen LogP contribution in [0.3, 0.4) is 0 Å². The lowest BCUT2D eigenvalue weighted by molar-refractivity contribution is -0.156. The topological polar surface area (TPSA) is 279 Å². The zero-order valence-corrected chi connectivity index (χ0v) is 41.1. The van der Waals surface area contributed by atoms with Gasteiger partial charge in [-0.2, -0.15) is 13.2 Å². The van der Waals surface area contributed by atoms with Gasteiger partial charge < -0.3 is 37.9 Å². The normalized spacial score (nSPS) is 18.3. The van der Waals surface area contributed by atoms with Crippen LogP contribution in [-0.4, -0.2) is 77.8 Å². The van der Waals surface area contributed by atoms with Gasteiger partial charge in [0.05, 0.1) is 5.57 Å². The molecule has 0 atom stereocenters. The fourth-order valence-corrected chi connectivity index (χ4v) is 5.21. The highest BCUT2D eigenvalue weighted by molar-refractivity contribution is 6.13. The third kappa shape index (κ3) is 18.8. The molecule has 0 aromatic heterocycles. The Morgan fingerprint density at radius 2 is 0.808 bits per heavy atom. The minimum Gasteiger partial charge on any atom is -0.424 e. The summed E-state index contributed by atoms with van der Waals surface area (Å²) in [6.45, 7) is 30.6. The molecular weight excluding hydrogens is 978 g/mol. The quantitative estimate of drug-likeness (QED) is 0.157. The summed E-state index contributed by atoms with van der Waals surface area (Å²) in [5.41, 5.74) is 3.39. The molecule has 390 valence electrons. The van der Waals surface area contributed by atoms with Crippen molar-refractivity contribution in [1.82, 2.24) is 0 Å². The molecule has 0 spiro atoms. The molecule has 0 saturated heterocycles. The molecule has 0 bridgehead atoms. The average Bonchev–Trinajstić information content (AvgIpc) is 4.17. The highest BCUT2D eigenvalue weighted by atomic mass is 19.4. The van der Waals surface area contributed by atoms with Gasteiger partial charge in [0.15, 0.2) is 5.57 Å². The second-order valence-electron chi connectivity index (χ2n) is 14.8. The van der Waals surface area contributed by atoms with E-state index in [0.717, 1.165) is 42.9 Å². The Hall–Kier alpha value is -8.89. The van der Waals surface area contributed by atoms with Crippen molar-refractivity contribution in [3.05, 3.63) is 141 Å². The van der Waals surface area contributed by atoms with Gasteiger partial charge >= 0.3 is 77.8 Å². The number of hydrogen-bond acceptors (Lipinski definition) is 20. The number of rotatable bonds is 3. The Morgan fingerprint density at radius 1 is 0.384 bits per heavy atom. The van der Waals surface area contributed by atoms with Crippen LogP contribution in [0.4, 0.5) is 13.2 Å². The number of esters is 12. The number of carbonyl (C=O) groups excluding carboxylic acids is 12. The lowest BCUT2D eigenvalue weighted by atomic mass is 10.1. The van der Waals surface area contributed by atoms with Gasteiger partial charge in [0.1, 0.15) is 23.0 Å². The smallest absolute Gasteiger partial charge is 0.423 e. The summed E-state index contributed by atoms with van der Waals surface area (Å²) in [4.78, 5) is 125. The SMILES string of the molecule is C=C1C=C(CC)C(=O)O1.C=C1C=CC(=O)O1.C=C1OC(=O)C(C)=C1C.C=C1OC(=O)C(CC)=C1CC.CC1=C(C(F)(F)F)C(=O)OC1=O.CC1=C(C)C(=O)OC1=O.CC1=CC(=O)OC1=O.CC1=CC(=O)OC1=O. The summed E-state index contributed by atoms with van der Waals surface area (Å²) < 4.78 is 70.5. The van der Waals surface area contributed by atoms with E-state index in [1.807, 2.05) is 27.7 Å². The van der Waals surface area contributed by atoms with Gasteiger partial charge in [-0.3, -0.25) is 0 Å². The molecular formula is C50H49F3O20. The predicted molar refractivity (Wildman–Crippen MR) is 243 cm³/mol. The van der Waals surface area contributed by atoms with E-state index >= 15 is 0 Å². The van der Waals surface area contributed by atoms with E-state index in [2.05, 4.69) is 59.5 Å². The van der Waals surface area contributed by atoms with Crippen LogP contribution < -0.4 is 0 Å². The highest BCUT2D eigenvalue weighted by Crippen LogP contribution is 2.33. The second-order valence-corrected chi connectivity index (χ2v) is 14.8. The monoisotopic (exact) mass is 1030 g/mol. The maximum atomic E-state index is 11.9. The first-order valence-electron chi connectivity index (χ1n) is 21.0. The van der Waals surface area contributed by atoms with Crippen molar-refractivity contribution in [2.24, 2.45) is 0 Å². The molecule has 0 N–H and O–H groups in total. The first kappa shape index (κ1) is 62.1. The third-order valence-electron chi connectivity index (χ3n) is 9.63. The maximum absolute atomic E-state index is 11.9. The number of halogens is 3. The molecule has 0 aromatic rings.